The third-order valence-corrected chi connectivity index (χ3v) is 0.433. The van der Waals surface area contributed by atoms with Crippen LogP contribution in [0.3, 0.4) is 0 Å². The zero-order valence-electron chi connectivity index (χ0n) is 4.88. The van der Waals surface area contributed by atoms with Gasteiger partial charge in [0.1, 0.15) is 0 Å². The van der Waals surface area contributed by atoms with Crippen LogP contribution in [0.4, 0.5) is 0 Å². The fourth-order valence-electron chi connectivity index (χ4n) is 0. The van der Waals surface area contributed by atoms with Crippen LogP contribution >= 0.6 is 0 Å². The molecule has 0 aliphatic heterocycles. The van der Waals surface area contributed by atoms with Gasteiger partial charge in [0.15, 0.2) is 0 Å². The molecule has 7 heavy (non-hydrogen) atoms. The van der Waals surface area contributed by atoms with E-state index in [2.05, 4.69) is 5.92 Å². The van der Waals surface area contributed by atoms with Crippen LogP contribution in [0, 0.1) is 17.8 Å². The molecule has 1 heteroatoms. The third-order valence-electron chi connectivity index (χ3n) is 0.433. The second-order valence-corrected chi connectivity index (χ2v) is 2.39. The van der Waals surface area contributed by atoms with Crippen molar-refractivity contribution in [1.29, 1.82) is 0 Å². The van der Waals surface area contributed by atoms with Crippen molar-refractivity contribution < 1.29 is 17.1 Å². The van der Waals surface area contributed by atoms with E-state index in [1.54, 1.807) is 0 Å². The van der Waals surface area contributed by atoms with Crippen molar-refractivity contribution in [2.75, 3.05) is 0 Å². The maximum Gasteiger partial charge on any atom is 0.0227 e. The van der Waals surface area contributed by atoms with Crippen molar-refractivity contribution >= 4 is 0 Å². The Kier molecular flexibility index (Phi) is 4.53. The minimum atomic E-state index is 0. The summed E-state index contributed by atoms with van der Waals surface area (Å²) >= 11 is 0. The van der Waals surface area contributed by atoms with Crippen molar-refractivity contribution in [1.82, 2.24) is 0 Å². The van der Waals surface area contributed by atoms with E-state index in [0.29, 0.717) is 0 Å². The van der Waals surface area contributed by atoms with Gasteiger partial charge in [0.2, 0.25) is 0 Å². The van der Waals surface area contributed by atoms with Crippen molar-refractivity contribution in [3.05, 3.63) is 0 Å². The minimum absolute atomic E-state index is 0. The number of hydrogen-bond donors (Lipinski definition) is 0. The van der Waals surface area contributed by atoms with Gasteiger partial charge in [-0.2, -0.15) is 0 Å². The fraction of sp³-hybridized carbons (Fsp3) is 0.667. The van der Waals surface area contributed by atoms with Gasteiger partial charge >= 0.3 is 0 Å². The maximum atomic E-state index is 5.06. The molecule has 0 atom stereocenters. The number of terminal acetylenes is 1. The topological polar surface area (TPSA) is 0 Å². The molecule has 0 aromatic carbocycles. The van der Waals surface area contributed by atoms with Crippen LogP contribution in [0.25, 0.3) is 0 Å². The molecule has 0 fully saturated rings. The number of hydrogen-bond acceptors (Lipinski definition) is 0. The Labute approximate surface area is 56.2 Å². The van der Waals surface area contributed by atoms with E-state index in [-0.39, 0.29) is 22.5 Å². The summed E-state index contributed by atoms with van der Waals surface area (Å²) in [4.78, 5) is 0. The zero-order valence-corrected chi connectivity index (χ0v) is 5.82. The van der Waals surface area contributed by atoms with Crippen LogP contribution in [0.1, 0.15) is 20.8 Å². The normalized spacial score (nSPS) is 8.86. The van der Waals surface area contributed by atoms with Crippen LogP contribution in [-0.2, 0) is 17.1 Å². The molecule has 45 valence electrons. The Balaban J connectivity index is 0. The van der Waals surface area contributed by atoms with Crippen LogP contribution in [0.5, 0.6) is 0 Å². The molecule has 0 N–H and O–H groups in total. The second-order valence-electron chi connectivity index (χ2n) is 2.39. The summed E-state index contributed by atoms with van der Waals surface area (Å²) in [5.74, 6) is 2.60. The average molecular weight is 146 g/mol. The van der Waals surface area contributed by atoms with Gasteiger partial charge in [0.05, 0.1) is 0 Å². The zero-order chi connectivity index (χ0) is 5.21. The first-order valence-corrected chi connectivity index (χ1v) is 2.04. The molecular weight excluding hydrogens is 136 g/mol. The van der Waals surface area contributed by atoms with Crippen molar-refractivity contribution in [3.8, 4) is 12.3 Å². The SMILES string of the molecule is C#CC(C)(C)C.[Cu]. The molecule has 0 rings (SSSR count). The van der Waals surface area contributed by atoms with E-state index in [0.717, 1.165) is 0 Å². The molecule has 1 radical (unpaired) electrons. The predicted molar refractivity (Wildman–Crippen MR) is 28.3 cm³/mol. The summed E-state index contributed by atoms with van der Waals surface area (Å²) in [5.41, 5.74) is 0.0694. The van der Waals surface area contributed by atoms with Gasteiger partial charge < -0.3 is 0 Å². The predicted octanol–water partition coefficient (Wildman–Crippen LogP) is 1.66. The molecular formula is C6H10Cu. The van der Waals surface area contributed by atoms with Crippen LogP contribution in [-0.4, -0.2) is 0 Å². The molecule has 0 amide bonds. The number of rotatable bonds is 0. The van der Waals surface area contributed by atoms with Gasteiger partial charge in [-0.05, 0) is 20.8 Å². The van der Waals surface area contributed by atoms with Gasteiger partial charge in [0.25, 0.3) is 0 Å². The van der Waals surface area contributed by atoms with Crippen molar-refractivity contribution in [3.63, 3.8) is 0 Å². The monoisotopic (exact) mass is 145 g/mol. The Morgan fingerprint density at radius 1 is 1.29 bits per heavy atom. The standard InChI is InChI=1S/C6H10.Cu/c1-5-6(2,3)4;/h1H,2-4H3;. The Bertz CT molecular complexity index is 71.2. The Morgan fingerprint density at radius 2 is 1.43 bits per heavy atom. The summed E-state index contributed by atoms with van der Waals surface area (Å²) in [6.07, 6.45) is 5.06. The van der Waals surface area contributed by atoms with E-state index < -0.39 is 0 Å². The molecule has 0 saturated carbocycles. The molecule has 0 unspecified atom stereocenters. The molecule has 0 nitrogen and oxygen atoms in total. The first-order chi connectivity index (χ1) is 2.56. The molecule has 0 bridgehead atoms. The Morgan fingerprint density at radius 3 is 1.43 bits per heavy atom. The summed E-state index contributed by atoms with van der Waals surface area (Å²) in [6.45, 7) is 6.02. The van der Waals surface area contributed by atoms with Crippen LogP contribution < -0.4 is 0 Å². The summed E-state index contributed by atoms with van der Waals surface area (Å²) in [7, 11) is 0. The summed E-state index contributed by atoms with van der Waals surface area (Å²) < 4.78 is 0. The molecule has 0 aliphatic rings. The van der Waals surface area contributed by atoms with Gasteiger partial charge in [-0.15, -0.1) is 12.3 Å². The van der Waals surface area contributed by atoms with E-state index in [1.165, 1.54) is 0 Å². The quantitative estimate of drug-likeness (QED) is 0.359. The molecule has 0 aromatic rings. The van der Waals surface area contributed by atoms with E-state index in [9.17, 15) is 0 Å². The van der Waals surface area contributed by atoms with Gasteiger partial charge in [-0.3, -0.25) is 0 Å². The first kappa shape index (κ1) is 10.1. The largest absolute Gasteiger partial charge is 0.120 e. The van der Waals surface area contributed by atoms with Crippen LogP contribution in [0.2, 0.25) is 0 Å². The third kappa shape index (κ3) is 10.7. The molecule has 0 aromatic heterocycles. The van der Waals surface area contributed by atoms with Crippen molar-refractivity contribution in [2.45, 2.75) is 20.8 Å². The molecule has 0 spiro atoms. The summed E-state index contributed by atoms with van der Waals surface area (Å²) in [6, 6.07) is 0. The minimum Gasteiger partial charge on any atom is -0.120 e. The van der Waals surface area contributed by atoms with Gasteiger partial charge in [0, 0.05) is 22.5 Å². The average Bonchev–Trinajstić information content (AvgIpc) is 1.35. The maximum absolute atomic E-state index is 5.06. The Hall–Kier alpha value is 0.0795. The molecule has 0 aliphatic carbocycles. The van der Waals surface area contributed by atoms with Crippen LogP contribution in [0.15, 0.2) is 0 Å². The summed E-state index contributed by atoms with van der Waals surface area (Å²) in [5, 5.41) is 0. The van der Waals surface area contributed by atoms with Gasteiger partial charge in [-0.1, -0.05) is 0 Å². The smallest absolute Gasteiger partial charge is 0.0227 e. The van der Waals surface area contributed by atoms with E-state index in [4.69, 9.17) is 6.42 Å². The van der Waals surface area contributed by atoms with Crippen molar-refractivity contribution in [2.24, 2.45) is 5.41 Å². The molecule has 0 heterocycles. The second kappa shape index (κ2) is 3.13. The fourth-order valence-corrected chi connectivity index (χ4v) is 0. The molecule has 0 saturated heterocycles. The van der Waals surface area contributed by atoms with Gasteiger partial charge in [-0.25, -0.2) is 0 Å². The van der Waals surface area contributed by atoms with E-state index >= 15 is 0 Å². The first-order valence-electron chi connectivity index (χ1n) is 2.04. The van der Waals surface area contributed by atoms with E-state index in [1.807, 2.05) is 20.8 Å².